The fraction of sp³-hybridized carbons (Fsp3) is 0.235. The fourth-order valence-corrected chi connectivity index (χ4v) is 2.25. The first-order valence-electron chi connectivity index (χ1n) is 6.88. The molecule has 0 aliphatic carbocycles. The molecule has 0 saturated heterocycles. The minimum absolute atomic E-state index is 0.0271. The molecule has 0 fully saturated rings. The van der Waals surface area contributed by atoms with Gasteiger partial charge in [-0.15, -0.1) is 0 Å². The summed E-state index contributed by atoms with van der Waals surface area (Å²) in [7, 11) is 1.78. The molecule has 0 aromatic heterocycles. The van der Waals surface area contributed by atoms with Gasteiger partial charge in [-0.1, -0.05) is 29.8 Å². The minimum Gasteiger partial charge on any atom is -0.399 e. The molecule has 1 amide bonds. The topological polar surface area (TPSA) is 72.3 Å². The van der Waals surface area contributed by atoms with E-state index in [4.69, 9.17) is 11.5 Å². The van der Waals surface area contributed by atoms with Crippen molar-refractivity contribution in [1.29, 1.82) is 0 Å². The van der Waals surface area contributed by atoms with Gasteiger partial charge in [-0.05, 0) is 37.6 Å². The third-order valence-corrected chi connectivity index (χ3v) is 3.69. The first-order valence-corrected chi connectivity index (χ1v) is 6.88. The van der Waals surface area contributed by atoms with Gasteiger partial charge in [0.25, 0.3) is 5.91 Å². The van der Waals surface area contributed by atoms with Gasteiger partial charge < -0.3 is 16.4 Å². The smallest absolute Gasteiger partial charge is 0.254 e. The van der Waals surface area contributed by atoms with Crippen molar-refractivity contribution >= 4 is 17.3 Å². The van der Waals surface area contributed by atoms with E-state index in [2.05, 4.69) is 0 Å². The molecule has 4 heteroatoms. The highest BCUT2D eigenvalue weighted by atomic mass is 16.2. The van der Waals surface area contributed by atoms with Crippen LogP contribution >= 0.6 is 0 Å². The summed E-state index contributed by atoms with van der Waals surface area (Å²) in [6, 6.07) is 13.1. The normalized spacial score (nSPS) is 12.0. The van der Waals surface area contributed by atoms with Crippen LogP contribution in [-0.2, 0) is 0 Å². The first kappa shape index (κ1) is 14.9. The molecule has 4 N–H and O–H groups in total. The van der Waals surface area contributed by atoms with Crippen LogP contribution in [0.5, 0.6) is 0 Å². The molecular weight excluding hydrogens is 262 g/mol. The maximum atomic E-state index is 12.5. The molecule has 1 unspecified atom stereocenters. The molecule has 0 radical (unpaired) electrons. The Kier molecular flexibility index (Phi) is 4.17. The zero-order chi connectivity index (χ0) is 15.6. The molecule has 110 valence electrons. The van der Waals surface area contributed by atoms with Crippen LogP contribution < -0.4 is 11.5 Å². The Morgan fingerprint density at radius 3 is 2.10 bits per heavy atom. The maximum absolute atomic E-state index is 12.5. The van der Waals surface area contributed by atoms with Gasteiger partial charge in [0.05, 0.1) is 6.04 Å². The Morgan fingerprint density at radius 2 is 1.57 bits per heavy atom. The lowest BCUT2D eigenvalue weighted by Gasteiger charge is -2.26. The Hall–Kier alpha value is -2.49. The number of nitrogens with zero attached hydrogens (tertiary/aromatic N) is 1. The summed E-state index contributed by atoms with van der Waals surface area (Å²) in [4.78, 5) is 14.2. The fourth-order valence-electron chi connectivity index (χ4n) is 2.25. The largest absolute Gasteiger partial charge is 0.399 e. The van der Waals surface area contributed by atoms with Crippen LogP contribution in [0.3, 0.4) is 0 Å². The molecule has 2 aromatic rings. The van der Waals surface area contributed by atoms with E-state index in [-0.39, 0.29) is 11.9 Å². The number of nitrogens with two attached hydrogens (primary N) is 2. The maximum Gasteiger partial charge on any atom is 0.254 e. The summed E-state index contributed by atoms with van der Waals surface area (Å²) in [5, 5.41) is 0. The highest BCUT2D eigenvalue weighted by Crippen LogP contribution is 2.22. The van der Waals surface area contributed by atoms with Crippen LogP contribution in [-0.4, -0.2) is 17.9 Å². The van der Waals surface area contributed by atoms with Gasteiger partial charge in [0.1, 0.15) is 0 Å². The van der Waals surface area contributed by atoms with Gasteiger partial charge in [0, 0.05) is 24.0 Å². The molecule has 0 aliphatic heterocycles. The second kappa shape index (κ2) is 5.87. The number of anilines is 2. The van der Waals surface area contributed by atoms with Crippen LogP contribution in [0.4, 0.5) is 11.4 Å². The molecule has 0 spiro atoms. The summed E-state index contributed by atoms with van der Waals surface area (Å²) in [6.07, 6.45) is 0. The second-order valence-electron chi connectivity index (χ2n) is 5.39. The third-order valence-electron chi connectivity index (χ3n) is 3.69. The minimum atomic E-state index is -0.0953. The molecule has 0 bridgehead atoms. The average molecular weight is 283 g/mol. The summed E-state index contributed by atoms with van der Waals surface area (Å²) < 4.78 is 0. The third kappa shape index (κ3) is 3.34. The quantitative estimate of drug-likeness (QED) is 0.850. The van der Waals surface area contributed by atoms with Crippen LogP contribution in [0, 0.1) is 6.92 Å². The summed E-state index contributed by atoms with van der Waals surface area (Å²) in [5.74, 6) is -0.0953. The van der Waals surface area contributed by atoms with E-state index in [9.17, 15) is 4.79 Å². The number of carbonyl (C=O) groups excluding carboxylic acids is 1. The summed E-state index contributed by atoms with van der Waals surface area (Å²) in [5.41, 5.74) is 15.3. The Labute approximate surface area is 125 Å². The van der Waals surface area contributed by atoms with Crippen LogP contribution in [0.15, 0.2) is 42.5 Å². The van der Waals surface area contributed by atoms with E-state index in [1.165, 1.54) is 5.56 Å². The highest BCUT2D eigenvalue weighted by Gasteiger charge is 2.19. The summed E-state index contributed by atoms with van der Waals surface area (Å²) >= 11 is 0. The van der Waals surface area contributed by atoms with Crippen LogP contribution in [0.25, 0.3) is 0 Å². The Morgan fingerprint density at radius 1 is 1.05 bits per heavy atom. The van der Waals surface area contributed by atoms with Crippen LogP contribution in [0.2, 0.25) is 0 Å². The second-order valence-corrected chi connectivity index (χ2v) is 5.39. The number of aryl methyl sites for hydroxylation is 1. The standard InChI is InChI=1S/C17H21N3O/c1-11-4-6-13(7-5-11)12(2)20(3)17(21)14-8-15(18)10-16(19)9-14/h4-10,12H,18-19H2,1-3H3. The number of carbonyl (C=O) groups is 1. The predicted octanol–water partition coefficient (Wildman–Crippen LogP) is 2.99. The molecule has 1 atom stereocenters. The molecule has 0 saturated carbocycles. The van der Waals surface area contributed by atoms with Gasteiger partial charge in [-0.25, -0.2) is 0 Å². The molecule has 21 heavy (non-hydrogen) atoms. The number of rotatable bonds is 3. The van der Waals surface area contributed by atoms with E-state index >= 15 is 0 Å². The van der Waals surface area contributed by atoms with Crippen molar-refractivity contribution in [2.75, 3.05) is 18.5 Å². The zero-order valence-corrected chi connectivity index (χ0v) is 12.6. The predicted molar refractivity (Wildman–Crippen MR) is 87.0 cm³/mol. The number of amides is 1. The zero-order valence-electron chi connectivity index (χ0n) is 12.6. The lowest BCUT2D eigenvalue weighted by molar-refractivity contribution is 0.0742. The first-order chi connectivity index (χ1) is 9.88. The number of benzene rings is 2. The van der Waals surface area contributed by atoms with Crippen molar-refractivity contribution in [1.82, 2.24) is 4.90 Å². The molecule has 2 rings (SSSR count). The van der Waals surface area contributed by atoms with E-state index in [0.717, 1.165) is 5.56 Å². The highest BCUT2D eigenvalue weighted by molar-refractivity contribution is 5.96. The van der Waals surface area contributed by atoms with E-state index in [0.29, 0.717) is 16.9 Å². The van der Waals surface area contributed by atoms with Crippen molar-refractivity contribution in [3.63, 3.8) is 0 Å². The van der Waals surface area contributed by atoms with Gasteiger partial charge in [0.15, 0.2) is 0 Å². The van der Waals surface area contributed by atoms with E-state index < -0.39 is 0 Å². The molecule has 2 aromatic carbocycles. The molecule has 4 nitrogen and oxygen atoms in total. The average Bonchev–Trinajstić information content (AvgIpc) is 2.44. The number of hydrogen-bond acceptors (Lipinski definition) is 3. The lowest BCUT2D eigenvalue weighted by Crippen LogP contribution is -2.29. The Balaban J connectivity index is 2.23. The SMILES string of the molecule is Cc1ccc(C(C)N(C)C(=O)c2cc(N)cc(N)c2)cc1. The van der Waals surface area contributed by atoms with Gasteiger partial charge in [0.2, 0.25) is 0 Å². The van der Waals surface area contributed by atoms with Gasteiger partial charge in [-0.2, -0.15) is 0 Å². The van der Waals surface area contributed by atoms with Crippen molar-refractivity contribution in [3.8, 4) is 0 Å². The monoisotopic (exact) mass is 283 g/mol. The number of nitrogen functional groups attached to an aromatic ring is 2. The van der Waals surface area contributed by atoms with E-state index in [1.54, 1.807) is 30.1 Å². The summed E-state index contributed by atoms with van der Waals surface area (Å²) in [6.45, 7) is 4.04. The van der Waals surface area contributed by atoms with Gasteiger partial charge >= 0.3 is 0 Å². The Bertz CT molecular complexity index is 629. The van der Waals surface area contributed by atoms with E-state index in [1.807, 2.05) is 38.1 Å². The van der Waals surface area contributed by atoms with Crippen molar-refractivity contribution in [2.45, 2.75) is 19.9 Å². The van der Waals surface area contributed by atoms with Crippen molar-refractivity contribution in [2.24, 2.45) is 0 Å². The van der Waals surface area contributed by atoms with Crippen molar-refractivity contribution < 1.29 is 4.79 Å². The molecular formula is C17H21N3O. The molecule has 0 aliphatic rings. The van der Waals surface area contributed by atoms with Crippen molar-refractivity contribution in [3.05, 3.63) is 59.2 Å². The van der Waals surface area contributed by atoms with Crippen LogP contribution in [0.1, 0.15) is 34.5 Å². The van der Waals surface area contributed by atoms with Gasteiger partial charge in [-0.3, -0.25) is 4.79 Å². The lowest BCUT2D eigenvalue weighted by atomic mass is 10.0. The number of hydrogen-bond donors (Lipinski definition) is 2. The molecule has 0 heterocycles.